The maximum Gasteiger partial charge on any atom is 0.322 e. The van der Waals surface area contributed by atoms with E-state index in [-0.39, 0.29) is 36.5 Å². The first-order valence-electron chi connectivity index (χ1n) is 23.7. The van der Waals surface area contributed by atoms with Gasteiger partial charge in [0.25, 0.3) is 5.91 Å². The van der Waals surface area contributed by atoms with Crippen molar-refractivity contribution in [3.63, 3.8) is 0 Å². The van der Waals surface area contributed by atoms with Crippen molar-refractivity contribution in [2.45, 2.75) is 93.9 Å². The molecular weight excluding hydrogens is 838 g/mol. The normalized spacial score (nSPS) is 31.9. The van der Waals surface area contributed by atoms with Crippen LogP contribution in [0.2, 0.25) is 0 Å². The van der Waals surface area contributed by atoms with E-state index >= 15 is 4.79 Å². The summed E-state index contributed by atoms with van der Waals surface area (Å²) in [5.41, 5.74) is 1.89. The number of benzene rings is 3. The molecule has 12 nitrogen and oxygen atoms in total. The summed E-state index contributed by atoms with van der Waals surface area (Å²) < 4.78 is 33.8. The lowest BCUT2D eigenvalue weighted by atomic mass is 9.47. The fourth-order valence-corrected chi connectivity index (χ4v) is 14.2. The summed E-state index contributed by atoms with van der Waals surface area (Å²) >= 11 is 0. The number of para-hydroxylation sites is 1. The Balaban J connectivity index is 1.21. The molecule has 3 aromatic carbocycles. The lowest BCUT2D eigenvalue weighted by Gasteiger charge is -2.65. The van der Waals surface area contributed by atoms with Crippen molar-refractivity contribution < 1.29 is 38.1 Å². The Kier molecular flexibility index (Phi) is 11.0. The highest BCUT2D eigenvalue weighted by molar-refractivity contribution is 5.95. The number of anilines is 1. The second-order valence-corrected chi connectivity index (χ2v) is 19.7. The first-order chi connectivity index (χ1) is 31.8. The van der Waals surface area contributed by atoms with Gasteiger partial charge in [-0.25, -0.2) is 4.39 Å². The fourth-order valence-electron chi connectivity index (χ4n) is 14.2. The second-order valence-electron chi connectivity index (χ2n) is 19.7. The number of nitrogens with zero attached hydrogens (tertiary/aromatic N) is 3. The molecule has 1 spiro atoms. The summed E-state index contributed by atoms with van der Waals surface area (Å²) in [5, 5.41) is 17.9. The molecule has 6 aliphatic rings. The summed E-state index contributed by atoms with van der Waals surface area (Å²) in [6, 6.07) is 17.4. The Hall–Kier alpha value is -5.50. The summed E-state index contributed by atoms with van der Waals surface area (Å²) in [6.07, 6.45) is 8.92. The monoisotopic (exact) mass is 899 g/mol. The number of aromatic nitrogens is 1. The van der Waals surface area contributed by atoms with Crippen LogP contribution in [0.15, 0.2) is 84.5 Å². The molecule has 4 aromatic rings. The van der Waals surface area contributed by atoms with Gasteiger partial charge in [0.2, 0.25) is 0 Å². The Labute approximate surface area is 386 Å². The number of H-pyrrole nitrogens is 1. The van der Waals surface area contributed by atoms with Gasteiger partial charge in [-0.15, -0.1) is 0 Å². The zero-order chi connectivity index (χ0) is 46.3. The minimum Gasteiger partial charge on any atom is -0.496 e. The number of nitrogens with one attached hydrogen (secondary N) is 2. The highest BCUT2D eigenvalue weighted by Gasteiger charge is 2.77. The van der Waals surface area contributed by atoms with E-state index in [2.05, 4.69) is 75.3 Å². The van der Waals surface area contributed by atoms with Crippen LogP contribution < -0.4 is 15.0 Å². The molecule has 2 bridgehead atoms. The molecule has 2 fully saturated rings. The zero-order valence-electron chi connectivity index (χ0n) is 38.9. The van der Waals surface area contributed by atoms with Gasteiger partial charge in [0.1, 0.15) is 28.7 Å². The van der Waals surface area contributed by atoms with E-state index in [4.69, 9.17) is 14.2 Å². The topological polar surface area (TPSA) is 137 Å². The number of fused-ring (bicyclic) bond motifs is 6. The van der Waals surface area contributed by atoms with Crippen molar-refractivity contribution in [3.8, 4) is 5.75 Å². The number of esters is 2. The van der Waals surface area contributed by atoms with Gasteiger partial charge >= 0.3 is 11.9 Å². The molecule has 0 radical (unpaired) electrons. The molecule has 9 atom stereocenters. The molecule has 6 heterocycles. The summed E-state index contributed by atoms with van der Waals surface area (Å²) in [6.45, 7) is 9.56. The van der Waals surface area contributed by atoms with E-state index in [9.17, 15) is 19.1 Å². The molecule has 3 N–H and O–H groups in total. The molecule has 1 unspecified atom stereocenters. The largest absolute Gasteiger partial charge is 0.496 e. The van der Waals surface area contributed by atoms with Gasteiger partial charge in [-0.1, -0.05) is 68.0 Å². The SMILES string of the molecule is CCC1=C[C@H]2CN(CCc3c([nH]c4ccccc34)[C@@](C(=O)OC)(c3cc4c(cc3OC)N(C)[C@H]3[C@@](O)(CCNC(=O)c5ccccc5F)[C@H](OC(C)=O)[C@]5(CC)C=CCN6CC[C@]43[C@@H]65)C2)C1. The number of rotatable bonds is 10. The predicted molar refractivity (Wildman–Crippen MR) is 250 cm³/mol. The summed E-state index contributed by atoms with van der Waals surface area (Å²) in [4.78, 5) is 53.2. The van der Waals surface area contributed by atoms with Crippen molar-refractivity contribution in [2.24, 2.45) is 11.3 Å². The van der Waals surface area contributed by atoms with Crippen molar-refractivity contribution >= 4 is 34.4 Å². The number of aromatic amines is 1. The third-order valence-corrected chi connectivity index (χ3v) is 16.6. The minimum atomic E-state index is -1.75. The molecular formula is C53H62FN5O7. The third kappa shape index (κ3) is 6.28. The van der Waals surface area contributed by atoms with E-state index in [0.717, 1.165) is 65.9 Å². The minimum absolute atomic E-state index is 0.00299. The molecule has 1 saturated carbocycles. The van der Waals surface area contributed by atoms with Crippen LogP contribution >= 0.6 is 0 Å². The first kappa shape index (κ1) is 44.3. The standard InChI is InChI=1S/C53H62FN5O7/c1-7-33-26-34-29-52(49(62)65-6,44-36(18-24-58(30-33)31-34)35-14-10-12-17-41(35)56-44)39-27-38-42(28-43(39)64-5)57(4)47-51(38)21-25-59-23-13-19-50(8-2,46(51)59)48(66-32(3)60)53(47,63)20-22-55-45(61)37-15-9-11-16-40(37)54/h9-17,19,26-28,34,46-48,56,63H,7-8,18,20-25,29-31H2,1-6H3,(H,55,61)/t34-,46+,47-,48-,50-,51-,52+,53+/m1/s1. The van der Waals surface area contributed by atoms with Crippen molar-refractivity contribution in [1.29, 1.82) is 0 Å². The molecule has 1 amide bonds. The van der Waals surface area contributed by atoms with Crippen molar-refractivity contribution in [1.82, 2.24) is 20.1 Å². The number of carbonyl (C=O) groups excluding carboxylic acids is 3. The van der Waals surface area contributed by atoms with E-state index in [1.54, 1.807) is 13.2 Å². The molecule has 66 heavy (non-hydrogen) atoms. The van der Waals surface area contributed by atoms with Gasteiger partial charge < -0.3 is 34.5 Å². The average molecular weight is 900 g/mol. The number of hydrogen-bond donors (Lipinski definition) is 3. The van der Waals surface area contributed by atoms with Crippen molar-refractivity contribution in [2.75, 3.05) is 65.4 Å². The van der Waals surface area contributed by atoms with E-state index in [0.29, 0.717) is 43.7 Å². The van der Waals surface area contributed by atoms with Gasteiger partial charge in [-0.3, -0.25) is 24.2 Å². The van der Waals surface area contributed by atoms with Crippen LogP contribution in [-0.4, -0.2) is 122 Å². The molecule has 348 valence electrons. The highest BCUT2D eigenvalue weighted by atomic mass is 19.1. The molecule has 1 aromatic heterocycles. The van der Waals surface area contributed by atoms with Gasteiger partial charge in [0.15, 0.2) is 0 Å². The molecule has 13 heteroatoms. The van der Waals surface area contributed by atoms with Crippen LogP contribution in [0.1, 0.15) is 85.6 Å². The maximum atomic E-state index is 15.5. The quantitative estimate of drug-likeness (QED) is 0.118. The highest BCUT2D eigenvalue weighted by Crippen LogP contribution is 2.68. The smallest absolute Gasteiger partial charge is 0.322 e. The number of methoxy groups -OCH3 is 2. The summed E-state index contributed by atoms with van der Waals surface area (Å²) in [7, 11) is 5.10. The number of likely N-dealkylation sites (N-methyl/N-ethyl adjacent to an activating group) is 1. The molecule has 1 aliphatic carbocycles. The van der Waals surface area contributed by atoms with Gasteiger partial charge in [-0.2, -0.15) is 0 Å². The van der Waals surface area contributed by atoms with Crippen molar-refractivity contribution in [3.05, 3.63) is 118 Å². The third-order valence-electron chi connectivity index (χ3n) is 16.6. The van der Waals surface area contributed by atoms with Gasteiger partial charge in [0.05, 0.1) is 25.8 Å². The first-order valence-corrected chi connectivity index (χ1v) is 23.7. The Morgan fingerprint density at radius 1 is 1.02 bits per heavy atom. The van der Waals surface area contributed by atoms with E-state index < -0.39 is 51.7 Å². The van der Waals surface area contributed by atoms with E-state index in [1.165, 1.54) is 37.8 Å². The van der Waals surface area contributed by atoms with Gasteiger partial charge in [-0.05, 0) is 86.4 Å². The number of amides is 1. The predicted octanol–water partition coefficient (Wildman–Crippen LogP) is 6.58. The number of carbonyl (C=O) groups is 3. The number of hydrogen-bond acceptors (Lipinski definition) is 10. The van der Waals surface area contributed by atoms with Crippen LogP contribution in [0.5, 0.6) is 5.75 Å². The molecule has 1 saturated heterocycles. The molecule has 10 rings (SSSR count). The maximum absolute atomic E-state index is 15.5. The van der Waals surface area contributed by atoms with Crippen LogP contribution in [0.3, 0.4) is 0 Å². The van der Waals surface area contributed by atoms with Crippen LogP contribution in [0.25, 0.3) is 10.9 Å². The number of halogens is 1. The Morgan fingerprint density at radius 2 is 1.80 bits per heavy atom. The van der Waals surface area contributed by atoms with Gasteiger partial charge in [0, 0.05) is 97.5 Å². The fraction of sp³-hybridized carbons (Fsp3) is 0.491. The van der Waals surface area contributed by atoms with Crippen LogP contribution in [-0.2, 0) is 36.3 Å². The molecule has 5 aliphatic heterocycles. The summed E-state index contributed by atoms with van der Waals surface area (Å²) in [5.74, 6) is -1.60. The second kappa shape index (κ2) is 16.4. The average Bonchev–Trinajstić information content (AvgIpc) is 3.98. The lowest BCUT2D eigenvalue weighted by Crippen LogP contribution is -2.79. The number of aliphatic hydroxyl groups is 1. The Morgan fingerprint density at radius 3 is 2.55 bits per heavy atom. The van der Waals surface area contributed by atoms with E-state index in [1.807, 2.05) is 25.2 Å². The lowest BCUT2D eigenvalue weighted by molar-refractivity contribution is -0.220. The van der Waals surface area contributed by atoms with Crippen LogP contribution in [0, 0.1) is 17.2 Å². The van der Waals surface area contributed by atoms with Crippen LogP contribution in [0.4, 0.5) is 10.1 Å². The Bertz CT molecular complexity index is 2680. The zero-order valence-corrected chi connectivity index (χ0v) is 38.9. The number of ether oxygens (including phenoxy) is 3.